The van der Waals surface area contributed by atoms with Crippen LogP contribution in [0.2, 0.25) is 0 Å². The lowest BCUT2D eigenvalue weighted by Gasteiger charge is -2.36. The molecule has 0 aliphatic carbocycles. The summed E-state index contributed by atoms with van der Waals surface area (Å²) in [5.41, 5.74) is 7.18. The Balaban J connectivity index is 0.000000157. The first-order chi connectivity index (χ1) is 58.7. The predicted molar refractivity (Wildman–Crippen MR) is 430 cm³/mol. The van der Waals surface area contributed by atoms with Gasteiger partial charge < -0.3 is 153 Å². The summed E-state index contributed by atoms with van der Waals surface area (Å²) < 4.78 is 105. The van der Waals surface area contributed by atoms with Gasteiger partial charge in [0.1, 0.15) is 136 Å². The number of aromatic amines is 1. The Morgan fingerprint density at radius 3 is 1.40 bits per heavy atom. The van der Waals surface area contributed by atoms with Crippen LogP contribution < -0.4 is 33.8 Å². The van der Waals surface area contributed by atoms with Gasteiger partial charge in [-0.1, -0.05) is 31.6 Å². The van der Waals surface area contributed by atoms with Gasteiger partial charge in [0, 0.05) is 49.9 Å². The number of amides is 1. The van der Waals surface area contributed by atoms with Gasteiger partial charge in [0.15, 0.2) is 82.8 Å². The van der Waals surface area contributed by atoms with Crippen LogP contribution in [-0.2, 0) is 33.2 Å². The Morgan fingerprint density at radius 2 is 1.00 bits per heavy atom. The van der Waals surface area contributed by atoms with Gasteiger partial charge in [0.05, 0.1) is 75.2 Å². The van der Waals surface area contributed by atoms with Crippen LogP contribution in [0.3, 0.4) is 0 Å². The highest BCUT2D eigenvalue weighted by molar-refractivity contribution is 6.19. The van der Waals surface area contributed by atoms with E-state index in [0.717, 1.165) is 0 Å². The highest BCUT2D eigenvalue weighted by Gasteiger charge is 2.67. The molecule has 25 N–H and O–H groups in total. The first kappa shape index (κ1) is 97.2. The van der Waals surface area contributed by atoms with Gasteiger partial charge in [-0.2, -0.15) is 0 Å². The fourth-order valence-corrected chi connectivity index (χ4v) is 15.5. The number of nitrogens with one attached hydrogen (secondary N) is 2. The van der Waals surface area contributed by atoms with E-state index in [9.17, 15) is 103 Å². The van der Waals surface area contributed by atoms with Crippen LogP contribution >= 0.6 is 23.2 Å². The van der Waals surface area contributed by atoms with Crippen molar-refractivity contribution in [3.05, 3.63) is 134 Å². The number of carbonyl (C=O) groups is 1. The molecule has 682 valence electrons. The van der Waals surface area contributed by atoms with Crippen LogP contribution in [0.5, 0.6) is 0 Å². The lowest BCUT2D eigenvalue weighted by Crippen LogP contribution is -2.53. The molecule has 6 fully saturated rings. The van der Waals surface area contributed by atoms with Gasteiger partial charge in [0.2, 0.25) is 0 Å². The number of halogens is 7. The largest absolute Gasteiger partial charge is 0.397 e. The van der Waals surface area contributed by atoms with Crippen LogP contribution in [-0.4, -0.2) is 340 Å². The molecule has 9 aliphatic heterocycles. The number of aliphatic hydroxyl groups is 15. The number of carbonyl (C=O) groups excluding carboxylic acids is 1. The van der Waals surface area contributed by atoms with Crippen LogP contribution in [0, 0.1) is 31.6 Å². The Hall–Kier alpha value is -10.0. The minimum Gasteiger partial charge on any atom is -0.397 e. The first-order valence-electron chi connectivity index (χ1n) is 37.4. The Kier molecular flexibility index (Phi) is 28.5. The van der Waals surface area contributed by atoms with Crippen molar-refractivity contribution in [1.29, 1.82) is 0 Å². The number of amidine groups is 2. The number of anilines is 2. The number of alkyl halides is 7. The minimum atomic E-state index is -2.75. The molecule has 0 bridgehead atoms. The highest BCUT2D eigenvalue weighted by atomic mass is 35.5. The Labute approximate surface area is 716 Å². The van der Waals surface area contributed by atoms with Gasteiger partial charge in [-0.25, -0.2) is 61.8 Å². The predicted octanol–water partition coefficient (Wildman–Crippen LogP) is -3.96. The number of terminal acetylenes is 2. The summed E-state index contributed by atoms with van der Waals surface area (Å²) in [6, 6.07) is 3.12. The first-order valence-corrected chi connectivity index (χ1v) is 38.4. The molecule has 0 spiro atoms. The van der Waals surface area contributed by atoms with E-state index in [-0.39, 0.29) is 76.5 Å². The number of nitrogens with zero attached hydrogens (tertiary/aromatic N) is 14. The van der Waals surface area contributed by atoms with E-state index in [2.05, 4.69) is 75.8 Å². The average molecular weight is 1810 g/mol. The molecule has 1 amide bonds. The topological polar surface area (TPSA) is 651 Å². The van der Waals surface area contributed by atoms with E-state index >= 15 is 0 Å². The monoisotopic (exact) mass is 1810 g/mol. The summed E-state index contributed by atoms with van der Waals surface area (Å²) in [6.07, 6.45) is 10.1. The van der Waals surface area contributed by atoms with Crippen molar-refractivity contribution in [2.75, 3.05) is 82.9 Å². The number of aromatic nitrogens is 10. The number of ether oxygens (including phenoxy) is 6. The molecular formula is C75H95Cl2F5N20O23. The number of aliphatic hydroxyl groups excluding tert-OH is 10. The number of rotatable bonds is 17. The zero-order chi connectivity index (χ0) is 92.7. The maximum atomic E-state index is 14.4. The second kappa shape index (κ2) is 36.7. The highest BCUT2D eigenvalue weighted by Crippen LogP contribution is 2.50. The van der Waals surface area contributed by atoms with E-state index < -0.39 is 195 Å². The number of hydrogen-bond acceptors (Lipinski definition) is 38. The van der Waals surface area contributed by atoms with Gasteiger partial charge in [0.25, 0.3) is 17.3 Å². The minimum absolute atomic E-state index is 0.0194. The van der Waals surface area contributed by atoms with Crippen molar-refractivity contribution in [3.63, 3.8) is 0 Å². The zero-order valence-electron chi connectivity index (χ0n) is 67.0. The van der Waals surface area contributed by atoms with E-state index in [1.807, 2.05) is 5.92 Å². The van der Waals surface area contributed by atoms with Gasteiger partial charge in [-0.3, -0.25) is 23.3 Å². The summed E-state index contributed by atoms with van der Waals surface area (Å²) in [5, 5.41) is 151. The zero-order valence-corrected chi connectivity index (χ0v) is 68.5. The van der Waals surface area contributed by atoms with E-state index in [1.165, 1.54) is 117 Å². The molecule has 0 radical (unpaired) electrons. The normalized spacial score (nSPS) is 36.4. The quantitative estimate of drug-likeness (QED) is 0.0235. The molecule has 9 aliphatic rings. The van der Waals surface area contributed by atoms with Crippen LogP contribution in [0.15, 0.2) is 132 Å². The van der Waals surface area contributed by atoms with Crippen molar-refractivity contribution in [3.8, 4) is 24.7 Å². The van der Waals surface area contributed by atoms with E-state index in [0.29, 0.717) is 33.9 Å². The molecule has 43 nitrogen and oxygen atoms in total. The van der Waals surface area contributed by atoms with Crippen LogP contribution in [0.25, 0.3) is 33.5 Å². The summed E-state index contributed by atoms with van der Waals surface area (Å²) in [6.45, 7) is 9.45. The smallest absolute Gasteiger partial charge is 0.279 e. The fraction of sp³-hybridized carbons (Fsp3) is 0.520. The number of pyridine rings is 2. The third kappa shape index (κ3) is 17.6. The second-order valence-corrected chi connectivity index (χ2v) is 31.6. The summed E-state index contributed by atoms with van der Waals surface area (Å²) in [5.74, 6) is 1.97. The van der Waals surface area contributed by atoms with Crippen molar-refractivity contribution < 1.29 is 132 Å². The molecule has 0 saturated carbocycles. The molecule has 0 unspecified atom stereocenters. The number of aryl methyl sites for hydroxylation is 1. The number of imidazole rings is 3. The van der Waals surface area contributed by atoms with Gasteiger partial charge in [-0.15, -0.1) is 36.0 Å². The Bertz CT molecular complexity index is 5160. The van der Waals surface area contributed by atoms with Crippen molar-refractivity contribution in [1.82, 2.24) is 68.6 Å². The maximum absolute atomic E-state index is 14.4. The van der Waals surface area contributed by atoms with Crippen molar-refractivity contribution in [2.45, 2.75) is 170 Å². The molecule has 125 heavy (non-hydrogen) atoms. The van der Waals surface area contributed by atoms with E-state index in [4.69, 9.17) is 92.5 Å². The van der Waals surface area contributed by atoms with Crippen LogP contribution in [0.1, 0.15) is 58.1 Å². The number of hydrogen-bond donors (Lipinski definition) is 21. The molecule has 6 aromatic rings. The molecule has 15 rings (SSSR count). The van der Waals surface area contributed by atoms with Crippen molar-refractivity contribution in [2.24, 2.45) is 21.5 Å². The third-order valence-corrected chi connectivity index (χ3v) is 22.8. The lowest BCUT2D eigenvalue weighted by atomic mass is 9.87. The molecule has 15 heterocycles. The molecule has 0 aromatic carbocycles. The maximum Gasteiger partial charge on any atom is 0.279 e. The SMILES string of the molecule is C#C[C@@]1(O)[C@H](O)[C@](CO)(CCl)O[C@H]1n1cnc2c(N)ccnc21.C#C[C@@]1(O)[C@H](O)[C@](CO)(CF)O[C@H]1n1cnc2c(N)ccnc21.C=C1N=C(N)C=CN1[C@@H]1O[C@@](CO)(CF)C[C@@]1(C)O.C=C1N=C(N)C=CN1[C@@H]1O[C@](F)(CO)[C@@H](O)[C@@]1(C)O.C=C1NC(=O)C=CN1[C@@H]1O[C@@](CO)(CF)C[C@@]1(C)O.Cc1nc2c(ncn2[C@@H]2O[C@@](CO)(CCl)[C@@H](O)[C@H]2F)c(=O)[nH]1. The van der Waals surface area contributed by atoms with Gasteiger partial charge >= 0.3 is 0 Å². The van der Waals surface area contributed by atoms with Crippen LogP contribution in [0.4, 0.5) is 33.3 Å². The molecular weight excluding hydrogens is 1710 g/mol. The fourth-order valence-electron chi connectivity index (χ4n) is 14.9. The number of nitrogen functional groups attached to an aromatic ring is 2. The summed E-state index contributed by atoms with van der Waals surface area (Å²) >= 11 is 11.5. The average Bonchev–Trinajstić information content (AvgIpc) is 1.56. The molecule has 6 aromatic heterocycles. The third-order valence-electron chi connectivity index (χ3n) is 21.8. The summed E-state index contributed by atoms with van der Waals surface area (Å²) in [4.78, 5) is 61.8. The lowest BCUT2D eigenvalue weighted by molar-refractivity contribution is -0.209. The van der Waals surface area contributed by atoms with Gasteiger partial charge in [-0.05, 0) is 52.0 Å². The molecule has 6 saturated heterocycles. The number of aliphatic imine (C=N–C) groups is 2. The molecule has 22 atom stereocenters. The number of H-pyrrole nitrogens is 1. The second-order valence-electron chi connectivity index (χ2n) is 31.1. The molecule has 50 heteroatoms. The standard InChI is InChI=1S/C14H15ClN4O4.C14H15FN4O4.C12H14ClFN4O4.C12H18FN3O3.C12H17FN2O4.C11H16FN3O4/c2*1-2-14(22)11(21)13(5-15,6-20)23-12(14)19-7-18-9-8(16)3-4-17-10(9)19;1-5-16-9-7(10(21)17-5)15-4-18(9)11-6(14)8(20)12(2-13,3-19)22-11;1-8-15-9(14)3-4-16(8)10-11(2,18)5-12(6-13,7-17)19-10;1-8-14-9(17)3-4-15(8)10-11(2,18)5-12(6-13,7-16)19-10;1-6-14-7(13)3-4-15(6)9-10(2,18)8(17)11(12,5-16)19-9/h2*1,3-4,7,11-12,20-22H,5-6H2,(H2,16,17);4,6,8,11,19-20H,2-3H2,1H3,(H,16,17,21);3-4,10,17-18H,1,5-7H2,2H3,(H2,14,15);3-4,10,16,18H,1,5-7H2,2H3,(H,14,17);3-4,8-9,16-18H,1,5H2,2H3,(H2,13,14)/t2*11-,12-,13-,14-;6-,8+,11-,12-;2*10-,11-,12-;8-,9+,10+,11+/m111110/s1. The van der Waals surface area contributed by atoms with Crippen molar-refractivity contribution >= 4 is 85.6 Å². The summed E-state index contributed by atoms with van der Waals surface area (Å²) in [7, 11) is 0. The van der Waals surface area contributed by atoms with E-state index in [1.54, 1.807) is 19.2 Å². The number of nitrogens with two attached hydrogens (primary N) is 4. The number of fused-ring (bicyclic) bond motifs is 3. The Morgan fingerprint density at radius 1 is 0.560 bits per heavy atom.